The van der Waals surface area contributed by atoms with Crippen molar-refractivity contribution in [3.05, 3.63) is 70.4 Å². The molecule has 0 amide bonds. The molecule has 3 aromatic heterocycles. The summed E-state index contributed by atoms with van der Waals surface area (Å²) >= 11 is 0.651. The minimum absolute atomic E-state index is 0.0442. The van der Waals surface area contributed by atoms with E-state index in [-0.39, 0.29) is 75.6 Å². The first-order valence-electron chi connectivity index (χ1n) is 17.3. The van der Waals surface area contributed by atoms with Crippen LogP contribution in [0.4, 0.5) is 47.4 Å². The highest BCUT2D eigenvalue weighted by atomic mass is 32.1. The molecule has 8 rings (SSSR count). The Labute approximate surface area is 312 Å². The number of nitrogens with zero attached hydrogens (tertiary/aromatic N) is 6. The number of aromatic nitrogens is 3. The number of hydrogen-bond donors (Lipinski definition) is 2. The zero-order chi connectivity index (χ0) is 38.8. The molecular formula is C37H31F7N8O2S. The van der Waals surface area contributed by atoms with Crippen LogP contribution in [0, 0.1) is 34.2 Å². The molecule has 10 nitrogen and oxygen atoms in total. The molecule has 0 unspecified atom stereocenters. The molecule has 0 bridgehead atoms. The zero-order valence-electron chi connectivity index (χ0n) is 28.9. The molecule has 55 heavy (non-hydrogen) atoms. The number of alkyl halides is 3. The maximum atomic E-state index is 17.3. The highest BCUT2D eigenvalue weighted by Crippen LogP contribution is 2.54. The van der Waals surface area contributed by atoms with E-state index >= 15 is 22.0 Å². The second-order valence-electron chi connectivity index (χ2n) is 14.0. The van der Waals surface area contributed by atoms with Gasteiger partial charge in [-0.25, -0.2) is 22.5 Å². The van der Waals surface area contributed by atoms with E-state index in [2.05, 4.69) is 19.9 Å². The molecule has 0 radical (unpaired) electrons. The number of fused-ring (bicyclic) bond motifs is 1. The van der Waals surface area contributed by atoms with Crippen molar-refractivity contribution in [3.63, 3.8) is 0 Å². The Kier molecular flexibility index (Phi) is 9.11. The molecule has 5 aromatic rings. The third-order valence-electron chi connectivity index (χ3n) is 10.4. The Morgan fingerprint density at radius 2 is 1.84 bits per heavy atom. The number of anilines is 3. The van der Waals surface area contributed by atoms with Crippen molar-refractivity contribution in [2.75, 3.05) is 55.8 Å². The van der Waals surface area contributed by atoms with Crippen molar-refractivity contribution >= 4 is 49.0 Å². The SMILES string of the molecule is N#Cc1c(N)sc2c(F)ccc(-c3c(C(F)(F)F)c4c5c(nc(OCC6(CN7CCC(=CF)CC7)CC6)nc5c3F)N(Cc3cc(F)cnc3N)CCO4)c12. The monoisotopic (exact) mass is 784 g/mol. The fourth-order valence-electron chi connectivity index (χ4n) is 7.40. The number of nitrogen functional groups attached to an aromatic ring is 2. The van der Waals surface area contributed by atoms with E-state index < -0.39 is 57.0 Å². The summed E-state index contributed by atoms with van der Waals surface area (Å²) in [5.74, 6) is -4.06. The second kappa shape index (κ2) is 13.7. The number of rotatable bonds is 8. The first-order chi connectivity index (χ1) is 26.3. The lowest BCUT2D eigenvalue weighted by Gasteiger charge is -2.31. The minimum Gasteiger partial charge on any atom is -0.490 e. The molecule has 286 valence electrons. The summed E-state index contributed by atoms with van der Waals surface area (Å²) in [6.07, 6.45) is -0.897. The fourth-order valence-corrected chi connectivity index (χ4v) is 8.35. The first-order valence-corrected chi connectivity index (χ1v) is 18.1. The number of halogens is 7. The van der Waals surface area contributed by atoms with Gasteiger partial charge in [-0.2, -0.15) is 28.4 Å². The summed E-state index contributed by atoms with van der Waals surface area (Å²) in [6.45, 7) is 1.38. The van der Waals surface area contributed by atoms with Gasteiger partial charge in [-0.15, -0.1) is 11.3 Å². The molecule has 1 saturated heterocycles. The second-order valence-corrected chi connectivity index (χ2v) is 15.0. The number of thiophene rings is 1. The van der Waals surface area contributed by atoms with Crippen LogP contribution >= 0.6 is 11.3 Å². The van der Waals surface area contributed by atoms with Gasteiger partial charge in [0.2, 0.25) is 0 Å². The van der Waals surface area contributed by atoms with Crippen LogP contribution in [0.1, 0.15) is 42.4 Å². The standard InChI is InChI=1S/C37H31F7N8O2S/c38-12-18-3-7-51(8-4-18)16-36(5-6-36)17-54-35-49-29-26-30(53-10-9-52(34(26)50-35)15-19-11-20(39)14-48-32(19)46)27(37(42,43)44)25(28(29)41)21-1-2-23(40)31-24(21)22(13-45)33(47)55-31/h1-2,11-12,14H,3-10,15-17,47H2,(H2,46,48). The lowest BCUT2D eigenvalue weighted by atomic mass is 9.91. The molecule has 5 heterocycles. The summed E-state index contributed by atoms with van der Waals surface area (Å²) < 4.78 is 118. The molecule has 0 atom stereocenters. The average Bonchev–Trinajstić information content (AvgIpc) is 3.87. The van der Waals surface area contributed by atoms with Gasteiger partial charge in [-0.1, -0.05) is 6.07 Å². The molecule has 4 N–H and O–H groups in total. The van der Waals surface area contributed by atoms with Crippen LogP contribution in [-0.4, -0.2) is 59.2 Å². The van der Waals surface area contributed by atoms with Crippen molar-refractivity contribution in [2.24, 2.45) is 5.41 Å². The number of hydrogen-bond acceptors (Lipinski definition) is 11. The van der Waals surface area contributed by atoms with Gasteiger partial charge in [0, 0.05) is 48.1 Å². The number of piperidine rings is 1. The topological polar surface area (TPSA) is 139 Å². The number of likely N-dealkylation sites (tertiary alicyclic amines) is 1. The molecule has 1 aliphatic carbocycles. The molecule has 2 fully saturated rings. The lowest BCUT2D eigenvalue weighted by molar-refractivity contribution is -0.138. The summed E-state index contributed by atoms with van der Waals surface area (Å²) in [6, 6.07) is 4.43. The summed E-state index contributed by atoms with van der Waals surface area (Å²) in [5, 5.41) is 9.03. The summed E-state index contributed by atoms with van der Waals surface area (Å²) in [4.78, 5) is 16.4. The van der Waals surface area contributed by atoms with Gasteiger partial charge in [0.25, 0.3) is 0 Å². The van der Waals surface area contributed by atoms with E-state index in [1.807, 2.05) is 6.07 Å². The predicted octanol–water partition coefficient (Wildman–Crippen LogP) is 7.89. The fraction of sp³-hybridized carbons (Fsp3) is 0.351. The van der Waals surface area contributed by atoms with E-state index in [0.717, 1.165) is 42.8 Å². The number of pyridine rings is 1. The number of ether oxygens (including phenoxy) is 2. The van der Waals surface area contributed by atoms with Crippen LogP contribution in [-0.2, 0) is 12.7 Å². The van der Waals surface area contributed by atoms with E-state index in [0.29, 0.717) is 50.1 Å². The Balaban J connectivity index is 1.31. The maximum Gasteiger partial charge on any atom is 0.420 e. The highest BCUT2D eigenvalue weighted by Gasteiger charge is 2.46. The van der Waals surface area contributed by atoms with Crippen LogP contribution in [0.15, 0.2) is 36.3 Å². The summed E-state index contributed by atoms with van der Waals surface area (Å²) in [7, 11) is 0. The van der Waals surface area contributed by atoms with Gasteiger partial charge >= 0.3 is 12.2 Å². The molecule has 2 aliphatic heterocycles. The number of nitriles is 1. The quantitative estimate of drug-likeness (QED) is 0.149. The first kappa shape index (κ1) is 36.6. The van der Waals surface area contributed by atoms with Gasteiger partial charge in [-0.05, 0) is 49.0 Å². The van der Waals surface area contributed by atoms with Gasteiger partial charge in [0.05, 0.1) is 41.3 Å². The lowest BCUT2D eigenvalue weighted by Crippen LogP contribution is -2.37. The third kappa shape index (κ3) is 6.58. The van der Waals surface area contributed by atoms with Gasteiger partial charge < -0.3 is 30.7 Å². The van der Waals surface area contributed by atoms with E-state index in [1.54, 1.807) is 0 Å². The number of benzene rings is 2. The van der Waals surface area contributed by atoms with Crippen LogP contribution in [0.5, 0.6) is 11.8 Å². The van der Waals surface area contributed by atoms with Crippen LogP contribution < -0.4 is 25.8 Å². The zero-order valence-corrected chi connectivity index (χ0v) is 29.7. The van der Waals surface area contributed by atoms with Crippen molar-refractivity contribution in [2.45, 2.75) is 38.4 Å². The van der Waals surface area contributed by atoms with Crippen LogP contribution in [0.3, 0.4) is 0 Å². The Hall–Kier alpha value is -5.41. The highest BCUT2D eigenvalue weighted by molar-refractivity contribution is 7.23. The minimum atomic E-state index is -5.26. The van der Waals surface area contributed by atoms with Crippen molar-refractivity contribution in [1.82, 2.24) is 19.9 Å². The summed E-state index contributed by atoms with van der Waals surface area (Å²) in [5.41, 5.74) is 8.75. The average molecular weight is 785 g/mol. The normalized spacial score (nSPS) is 16.9. The third-order valence-corrected chi connectivity index (χ3v) is 11.4. The Bertz CT molecular complexity index is 2430. The molecule has 0 spiro atoms. The molecular weight excluding hydrogens is 754 g/mol. The van der Waals surface area contributed by atoms with E-state index in [9.17, 15) is 14.0 Å². The van der Waals surface area contributed by atoms with Crippen molar-refractivity contribution < 1.29 is 40.2 Å². The van der Waals surface area contributed by atoms with Crippen molar-refractivity contribution in [1.29, 1.82) is 5.26 Å². The van der Waals surface area contributed by atoms with E-state index in [1.165, 1.54) is 4.90 Å². The van der Waals surface area contributed by atoms with Crippen molar-refractivity contribution in [3.8, 4) is 29.0 Å². The molecule has 1 saturated carbocycles. The largest absolute Gasteiger partial charge is 0.490 e. The van der Waals surface area contributed by atoms with Crippen LogP contribution in [0.2, 0.25) is 0 Å². The maximum absolute atomic E-state index is 17.3. The molecule has 3 aliphatic rings. The predicted molar refractivity (Wildman–Crippen MR) is 192 cm³/mol. The van der Waals surface area contributed by atoms with E-state index in [4.69, 9.17) is 20.9 Å². The van der Waals surface area contributed by atoms with Crippen LogP contribution in [0.25, 0.3) is 32.1 Å². The smallest absolute Gasteiger partial charge is 0.420 e. The van der Waals surface area contributed by atoms with Gasteiger partial charge in [0.15, 0.2) is 5.82 Å². The van der Waals surface area contributed by atoms with Gasteiger partial charge in [-0.3, -0.25) is 0 Å². The molecule has 18 heteroatoms. The number of nitrogens with two attached hydrogens (primary N) is 2. The Morgan fingerprint density at radius 1 is 1.07 bits per heavy atom. The Morgan fingerprint density at radius 3 is 2.53 bits per heavy atom. The molecule has 2 aromatic carbocycles. The van der Waals surface area contributed by atoms with Gasteiger partial charge in [0.1, 0.15) is 57.8 Å².